The highest BCUT2D eigenvalue weighted by atomic mass is 16.6. The van der Waals surface area contributed by atoms with Gasteiger partial charge < -0.3 is 15.0 Å². The molecule has 3 heterocycles. The number of hydrogen-bond donors (Lipinski definition) is 1. The average molecular weight is 380 g/mol. The second-order valence-electron chi connectivity index (χ2n) is 11.0. The van der Waals surface area contributed by atoms with Crippen molar-refractivity contribution in [3.05, 3.63) is 35.4 Å². The maximum atomic E-state index is 13.2. The molecule has 3 saturated carbocycles. The highest BCUT2D eigenvalue weighted by Crippen LogP contribution is 2.94. The van der Waals surface area contributed by atoms with Crippen LogP contribution in [0.3, 0.4) is 0 Å². The molecule has 3 aliphatic heterocycles. The van der Waals surface area contributed by atoms with Crippen LogP contribution in [-0.2, 0) is 20.4 Å². The first kappa shape index (κ1) is 16.9. The van der Waals surface area contributed by atoms with Crippen LogP contribution in [0.5, 0.6) is 0 Å². The Morgan fingerprint density at radius 3 is 2.64 bits per heavy atom. The number of carbonyl (C=O) groups is 2. The van der Waals surface area contributed by atoms with Crippen LogP contribution in [0, 0.1) is 17.3 Å². The first-order valence-electron chi connectivity index (χ1n) is 10.5. The number of fused-ring (bicyclic) bond motifs is 1. The molecule has 1 N–H and O–H groups in total. The lowest BCUT2D eigenvalue weighted by Gasteiger charge is -2.43. The van der Waals surface area contributed by atoms with Crippen LogP contribution in [0.1, 0.15) is 51.7 Å². The third kappa shape index (κ3) is 1.71. The van der Waals surface area contributed by atoms with Crippen molar-refractivity contribution in [1.82, 2.24) is 10.2 Å². The number of ether oxygens (including phenoxy) is 1. The van der Waals surface area contributed by atoms with Crippen molar-refractivity contribution in [2.45, 2.75) is 62.9 Å². The Labute approximate surface area is 165 Å². The van der Waals surface area contributed by atoms with Gasteiger partial charge >= 0.3 is 6.09 Å². The van der Waals surface area contributed by atoms with Gasteiger partial charge in [-0.2, -0.15) is 0 Å². The van der Waals surface area contributed by atoms with Crippen molar-refractivity contribution < 1.29 is 14.3 Å². The zero-order chi connectivity index (χ0) is 19.7. The van der Waals surface area contributed by atoms with Crippen molar-refractivity contribution in [2.24, 2.45) is 17.3 Å². The van der Waals surface area contributed by atoms with E-state index in [4.69, 9.17) is 4.74 Å². The number of carbonyl (C=O) groups excluding carboxylic acids is 2. The van der Waals surface area contributed by atoms with Crippen molar-refractivity contribution in [3.8, 4) is 0 Å². The monoisotopic (exact) mass is 380 g/mol. The molecule has 1 aromatic carbocycles. The van der Waals surface area contributed by atoms with Gasteiger partial charge in [-0.3, -0.25) is 4.79 Å². The fraction of sp³-hybridized carbons (Fsp3) is 0.652. The summed E-state index contributed by atoms with van der Waals surface area (Å²) in [5.74, 6) is 0.923. The zero-order valence-electron chi connectivity index (χ0n) is 17.0. The summed E-state index contributed by atoms with van der Waals surface area (Å²) in [7, 11) is 0. The van der Waals surface area contributed by atoms with E-state index in [1.54, 1.807) is 0 Å². The predicted molar refractivity (Wildman–Crippen MR) is 104 cm³/mol. The Morgan fingerprint density at radius 1 is 1.29 bits per heavy atom. The lowest BCUT2D eigenvalue weighted by atomic mass is 9.68. The minimum absolute atomic E-state index is 0.0299. The Bertz CT molecular complexity index is 928. The summed E-state index contributed by atoms with van der Waals surface area (Å²) in [6, 6.07) is 9.42. The minimum Gasteiger partial charge on any atom is -0.447 e. The van der Waals surface area contributed by atoms with E-state index < -0.39 is 0 Å². The molecule has 4 atom stereocenters. The van der Waals surface area contributed by atoms with Gasteiger partial charge in [-0.15, -0.1) is 0 Å². The van der Waals surface area contributed by atoms with Crippen LogP contribution in [0.25, 0.3) is 0 Å². The van der Waals surface area contributed by atoms with Gasteiger partial charge in [-0.05, 0) is 35.3 Å². The fourth-order valence-electron chi connectivity index (χ4n) is 7.04. The number of cyclic esters (lactones) is 1. The fourth-order valence-corrected chi connectivity index (χ4v) is 7.04. The van der Waals surface area contributed by atoms with Crippen molar-refractivity contribution in [3.63, 3.8) is 0 Å². The maximum absolute atomic E-state index is 13.2. The summed E-state index contributed by atoms with van der Waals surface area (Å²) in [5.41, 5.74) is 3.11. The van der Waals surface area contributed by atoms with E-state index in [-0.39, 0.29) is 39.7 Å². The highest BCUT2D eigenvalue weighted by molar-refractivity contribution is 5.86. The van der Waals surface area contributed by atoms with Gasteiger partial charge in [-0.1, -0.05) is 52.0 Å². The molecule has 6 fully saturated rings. The van der Waals surface area contributed by atoms with E-state index in [0.717, 1.165) is 6.54 Å². The Kier molecular flexibility index (Phi) is 2.76. The van der Waals surface area contributed by atoms with Gasteiger partial charge in [-0.25, -0.2) is 4.79 Å². The molecule has 3 saturated heterocycles. The van der Waals surface area contributed by atoms with E-state index in [0.29, 0.717) is 31.4 Å². The van der Waals surface area contributed by atoms with Crippen LogP contribution < -0.4 is 5.32 Å². The van der Waals surface area contributed by atoms with Gasteiger partial charge in [0.05, 0.1) is 5.54 Å². The molecule has 5 heteroatoms. The second kappa shape index (κ2) is 4.58. The third-order valence-corrected chi connectivity index (χ3v) is 8.65. The summed E-state index contributed by atoms with van der Waals surface area (Å²) in [6.45, 7) is 10.4. The number of piperidine rings is 1. The topological polar surface area (TPSA) is 58.6 Å². The molecule has 5 nitrogen and oxygen atoms in total. The van der Waals surface area contributed by atoms with Crippen molar-refractivity contribution >= 4 is 12.0 Å². The SMILES string of the molecule is CC(C)(C)c1cccc([C@@]23C4N(C(=O)C5CC6(COC(=O)N6)C5)C[C@H]2[C@@]43C)c1. The molecule has 28 heavy (non-hydrogen) atoms. The molecule has 1 unspecified atom stereocenters. The quantitative estimate of drug-likeness (QED) is 0.858. The minimum atomic E-state index is -0.344. The van der Waals surface area contributed by atoms with Crippen LogP contribution in [0.4, 0.5) is 4.79 Å². The van der Waals surface area contributed by atoms with Crippen LogP contribution in [0.2, 0.25) is 0 Å². The van der Waals surface area contributed by atoms with E-state index in [1.165, 1.54) is 11.1 Å². The number of benzene rings is 1. The molecule has 2 amide bonds. The summed E-state index contributed by atoms with van der Waals surface area (Å²) in [4.78, 5) is 26.7. The molecule has 6 aliphatic rings. The number of nitrogens with one attached hydrogen (secondary N) is 1. The van der Waals surface area contributed by atoms with Gasteiger partial charge in [0.25, 0.3) is 0 Å². The Morgan fingerprint density at radius 2 is 2.04 bits per heavy atom. The van der Waals surface area contributed by atoms with Crippen LogP contribution >= 0.6 is 0 Å². The molecule has 2 bridgehead atoms. The highest BCUT2D eigenvalue weighted by Gasteiger charge is 3.01. The van der Waals surface area contributed by atoms with Gasteiger partial charge in [0.2, 0.25) is 5.91 Å². The van der Waals surface area contributed by atoms with Crippen molar-refractivity contribution in [2.75, 3.05) is 13.2 Å². The maximum Gasteiger partial charge on any atom is 0.407 e. The average Bonchev–Trinajstić information content (AvgIpc) is 3.05. The third-order valence-electron chi connectivity index (χ3n) is 8.65. The molecule has 1 aromatic rings. The molecule has 148 valence electrons. The summed E-state index contributed by atoms with van der Waals surface area (Å²) >= 11 is 0. The summed E-state index contributed by atoms with van der Waals surface area (Å²) in [6.07, 6.45) is 1.09. The van der Waals surface area contributed by atoms with Crippen LogP contribution in [-0.4, -0.2) is 41.6 Å². The van der Waals surface area contributed by atoms with E-state index in [2.05, 4.69) is 62.2 Å². The second-order valence-corrected chi connectivity index (χ2v) is 11.0. The summed E-state index contributed by atoms with van der Waals surface area (Å²) in [5, 5.41) is 2.90. The number of hydrogen-bond acceptors (Lipinski definition) is 3. The smallest absolute Gasteiger partial charge is 0.407 e. The molecule has 7 rings (SSSR count). The molecule has 0 aromatic heterocycles. The lowest BCUT2D eigenvalue weighted by Crippen LogP contribution is -2.58. The summed E-state index contributed by atoms with van der Waals surface area (Å²) < 4.78 is 5.05. The van der Waals surface area contributed by atoms with Crippen molar-refractivity contribution in [1.29, 1.82) is 0 Å². The van der Waals surface area contributed by atoms with Gasteiger partial charge in [0, 0.05) is 29.3 Å². The number of rotatable bonds is 2. The first-order valence-corrected chi connectivity index (χ1v) is 10.5. The Balaban J connectivity index is 1.21. The normalized spacial score (nSPS) is 44.6. The molecule has 1 spiro atoms. The first-order chi connectivity index (χ1) is 13.1. The lowest BCUT2D eigenvalue weighted by molar-refractivity contribution is -0.140. The standard InChI is InChI=1S/C23H28N2O3/c1-20(2,3)14-6-5-7-15(8-14)23-16-11-25(18(23)21(16,23)4)17(26)13-9-22(10-13)12-28-19(27)24-22/h5-8,13,16,18H,9-12H2,1-4H3,(H,24,27)/t13?,16-,18?,21-,22?,23-/m0/s1. The van der Waals surface area contributed by atoms with E-state index in [9.17, 15) is 9.59 Å². The molecular weight excluding hydrogens is 352 g/mol. The number of amides is 2. The largest absolute Gasteiger partial charge is 0.447 e. The van der Waals surface area contributed by atoms with Gasteiger partial charge in [0.1, 0.15) is 6.61 Å². The number of nitrogens with zero attached hydrogens (tertiary/aromatic N) is 1. The molecule has 3 aliphatic carbocycles. The zero-order valence-corrected chi connectivity index (χ0v) is 17.0. The Hall–Kier alpha value is -2.04. The van der Waals surface area contributed by atoms with E-state index >= 15 is 0 Å². The van der Waals surface area contributed by atoms with E-state index in [1.807, 2.05) is 0 Å². The predicted octanol–water partition coefficient (Wildman–Crippen LogP) is 2.97. The number of alkyl carbamates (subject to hydrolysis) is 1. The molecule has 0 radical (unpaired) electrons. The van der Waals surface area contributed by atoms with Gasteiger partial charge in [0.15, 0.2) is 0 Å². The van der Waals surface area contributed by atoms with Crippen LogP contribution in [0.15, 0.2) is 24.3 Å². The molecular formula is C23H28N2O3.